The van der Waals surface area contributed by atoms with Gasteiger partial charge in [-0.2, -0.15) is 0 Å². The van der Waals surface area contributed by atoms with E-state index in [4.69, 9.17) is 0 Å². The van der Waals surface area contributed by atoms with Gasteiger partial charge in [0, 0.05) is 32.9 Å². The molecular formula is C57H48N2. The lowest BCUT2D eigenvalue weighted by Crippen LogP contribution is -1.97. The Morgan fingerprint density at radius 1 is 0.390 bits per heavy atom. The fourth-order valence-corrected chi connectivity index (χ4v) is 9.80. The van der Waals surface area contributed by atoms with E-state index in [0.717, 1.165) is 19.3 Å². The fourth-order valence-electron chi connectivity index (χ4n) is 9.80. The Bertz CT molecular complexity index is 3040. The number of benzene rings is 8. The van der Waals surface area contributed by atoms with E-state index in [9.17, 15) is 0 Å². The standard InChI is InChI=1S/C57H48N2/c1-5-36(3)38-13-11-15-46(30-38)58-54-19-9-7-17-48(54)52-34-42(25-27-56(52)58)40-21-23-44-29-45-24-22-41(33-51(45)50(44)32-40)43-26-28-57-53(35-43)49-18-8-10-20-55(49)59(57)47-16-12-14-39(31-47)37(4)6-2/h7-28,30-37H,5-6,29H2,1-4H3. The summed E-state index contributed by atoms with van der Waals surface area (Å²) in [6, 6.07) is 64.3. The van der Waals surface area contributed by atoms with Gasteiger partial charge in [-0.1, -0.05) is 125 Å². The minimum absolute atomic E-state index is 0.524. The van der Waals surface area contributed by atoms with Crippen molar-refractivity contribution in [2.24, 2.45) is 0 Å². The van der Waals surface area contributed by atoms with Gasteiger partial charge in [-0.3, -0.25) is 0 Å². The molecule has 59 heavy (non-hydrogen) atoms. The number of para-hydroxylation sites is 2. The van der Waals surface area contributed by atoms with Crippen LogP contribution in [0.25, 0.3) is 88.4 Å². The summed E-state index contributed by atoms with van der Waals surface area (Å²) >= 11 is 0. The van der Waals surface area contributed by atoms with E-state index < -0.39 is 0 Å². The summed E-state index contributed by atoms with van der Waals surface area (Å²) in [6.07, 6.45) is 3.22. The molecule has 0 amide bonds. The second-order valence-electron chi connectivity index (χ2n) is 16.9. The molecule has 0 N–H and O–H groups in total. The Kier molecular flexibility index (Phi) is 8.44. The van der Waals surface area contributed by atoms with Crippen molar-refractivity contribution < 1.29 is 0 Å². The first-order chi connectivity index (χ1) is 29.0. The average Bonchev–Trinajstić information content (AvgIpc) is 3.95. The molecule has 0 saturated carbocycles. The van der Waals surface area contributed by atoms with E-state index in [1.165, 1.54) is 111 Å². The summed E-state index contributed by atoms with van der Waals surface area (Å²) in [5.74, 6) is 1.05. The van der Waals surface area contributed by atoms with E-state index in [-0.39, 0.29) is 0 Å². The molecule has 0 aliphatic heterocycles. The lowest BCUT2D eigenvalue weighted by Gasteiger charge is -2.13. The maximum absolute atomic E-state index is 2.45. The van der Waals surface area contributed by atoms with Crippen LogP contribution in [0.1, 0.15) is 74.6 Å². The van der Waals surface area contributed by atoms with Crippen LogP contribution in [0.2, 0.25) is 0 Å². The van der Waals surface area contributed by atoms with E-state index in [2.05, 4.69) is 207 Å². The maximum atomic E-state index is 2.45. The third kappa shape index (κ3) is 5.76. The second-order valence-corrected chi connectivity index (χ2v) is 16.9. The van der Waals surface area contributed by atoms with Crippen molar-refractivity contribution in [3.8, 4) is 44.8 Å². The third-order valence-electron chi connectivity index (χ3n) is 13.5. The monoisotopic (exact) mass is 760 g/mol. The molecule has 286 valence electrons. The highest BCUT2D eigenvalue weighted by Gasteiger charge is 2.22. The Balaban J connectivity index is 0.981. The van der Waals surface area contributed by atoms with E-state index in [0.29, 0.717) is 11.8 Å². The molecule has 2 atom stereocenters. The normalized spacial score (nSPS) is 13.4. The van der Waals surface area contributed by atoms with Crippen LogP contribution in [0.3, 0.4) is 0 Å². The first-order valence-electron chi connectivity index (χ1n) is 21.5. The molecular weight excluding hydrogens is 713 g/mol. The van der Waals surface area contributed by atoms with Gasteiger partial charge in [0.05, 0.1) is 22.1 Å². The molecule has 0 saturated heterocycles. The minimum atomic E-state index is 0.524. The Hall–Kier alpha value is -6.64. The molecule has 2 heteroatoms. The Morgan fingerprint density at radius 2 is 0.797 bits per heavy atom. The molecule has 0 spiro atoms. The third-order valence-corrected chi connectivity index (χ3v) is 13.5. The van der Waals surface area contributed by atoms with Crippen LogP contribution in [-0.2, 0) is 6.42 Å². The van der Waals surface area contributed by atoms with Crippen molar-refractivity contribution >= 4 is 43.6 Å². The summed E-state index contributed by atoms with van der Waals surface area (Å²) in [5, 5.41) is 5.15. The average molecular weight is 761 g/mol. The zero-order valence-electron chi connectivity index (χ0n) is 34.3. The van der Waals surface area contributed by atoms with E-state index >= 15 is 0 Å². The number of fused-ring (bicyclic) bond motifs is 9. The minimum Gasteiger partial charge on any atom is -0.309 e. The summed E-state index contributed by atoms with van der Waals surface area (Å²) in [6.45, 7) is 9.18. The van der Waals surface area contributed by atoms with Gasteiger partial charge >= 0.3 is 0 Å². The summed E-state index contributed by atoms with van der Waals surface area (Å²) in [7, 11) is 0. The van der Waals surface area contributed by atoms with Crippen LogP contribution in [-0.4, -0.2) is 9.13 Å². The Labute approximate surface area is 347 Å². The van der Waals surface area contributed by atoms with E-state index in [1.807, 2.05) is 0 Å². The molecule has 1 aliphatic rings. The summed E-state index contributed by atoms with van der Waals surface area (Å²) < 4.78 is 4.89. The van der Waals surface area contributed by atoms with Crippen molar-refractivity contribution in [3.63, 3.8) is 0 Å². The molecule has 2 nitrogen and oxygen atoms in total. The van der Waals surface area contributed by atoms with Crippen molar-refractivity contribution in [3.05, 3.63) is 192 Å². The second kappa shape index (κ2) is 14.0. The number of aromatic nitrogens is 2. The van der Waals surface area contributed by atoms with Gasteiger partial charge in [0.2, 0.25) is 0 Å². The SMILES string of the molecule is CCC(C)c1cccc(-n2c3ccccc3c3cc(-c4ccc5c(c4)-c4cc(-c6ccc7c(c6)c6ccccc6n7-c6cccc(C(C)CC)c6)ccc4C5)ccc32)c1. The maximum Gasteiger partial charge on any atom is 0.0541 e. The van der Waals surface area contributed by atoms with Gasteiger partial charge in [-0.05, 0) is 160 Å². The zero-order valence-corrected chi connectivity index (χ0v) is 34.3. The van der Waals surface area contributed by atoms with Crippen molar-refractivity contribution in [1.82, 2.24) is 9.13 Å². The highest BCUT2D eigenvalue weighted by atomic mass is 15.0. The highest BCUT2D eigenvalue weighted by molar-refractivity contribution is 6.11. The van der Waals surface area contributed by atoms with Crippen LogP contribution in [0.5, 0.6) is 0 Å². The van der Waals surface area contributed by atoms with Crippen LogP contribution in [0.15, 0.2) is 170 Å². The molecule has 0 fully saturated rings. The number of nitrogens with zero attached hydrogens (tertiary/aromatic N) is 2. The Morgan fingerprint density at radius 3 is 1.25 bits per heavy atom. The predicted octanol–water partition coefficient (Wildman–Crippen LogP) is 15.8. The van der Waals surface area contributed by atoms with Crippen molar-refractivity contribution in [2.75, 3.05) is 0 Å². The molecule has 2 heterocycles. The van der Waals surface area contributed by atoms with Crippen LogP contribution in [0.4, 0.5) is 0 Å². The molecule has 2 aromatic heterocycles. The smallest absolute Gasteiger partial charge is 0.0541 e. The van der Waals surface area contributed by atoms with Crippen LogP contribution >= 0.6 is 0 Å². The predicted molar refractivity (Wildman–Crippen MR) is 252 cm³/mol. The first-order valence-corrected chi connectivity index (χ1v) is 21.5. The van der Waals surface area contributed by atoms with Gasteiger partial charge in [-0.15, -0.1) is 0 Å². The molecule has 2 unspecified atom stereocenters. The zero-order chi connectivity index (χ0) is 39.8. The first kappa shape index (κ1) is 35.5. The van der Waals surface area contributed by atoms with Crippen molar-refractivity contribution in [1.29, 1.82) is 0 Å². The van der Waals surface area contributed by atoms with Crippen LogP contribution in [0, 0.1) is 0 Å². The topological polar surface area (TPSA) is 9.86 Å². The van der Waals surface area contributed by atoms with Gasteiger partial charge in [0.15, 0.2) is 0 Å². The quantitative estimate of drug-likeness (QED) is 0.146. The highest BCUT2D eigenvalue weighted by Crippen LogP contribution is 2.43. The molecule has 0 radical (unpaired) electrons. The van der Waals surface area contributed by atoms with Gasteiger partial charge in [0.25, 0.3) is 0 Å². The van der Waals surface area contributed by atoms with Crippen LogP contribution < -0.4 is 0 Å². The lowest BCUT2D eigenvalue weighted by molar-refractivity contribution is 0.733. The fraction of sp³-hybridized carbons (Fsp3) is 0.158. The largest absolute Gasteiger partial charge is 0.309 e. The molecule has 1 aliphatic carbocycles. The van der Waals surface area contributed by atoms with Crippen molar-refractivity contribution in [2.45, 2.75) is 58.8 Å². The van der Waals surface area contributed by atoms with Gasteiger partial charge < -0.3 is 9.13 Å². The lowest BCUT2D eigenvalue weighted by atomic mass is 9.95. The number of rotatable bonds is 8. The number of hydrogen-bond donors (Lipinski definition) is 0. The summed E-state index contributed by atoms with van der Waals surface area (Å²) in [4.78, 5) is 0. The summed E-state index contributed by atoms with van der Waals surface area (Å²) in [5.41, 5.74) is 20.7. The van der Waals surface area contributed by atoms with E-state index in [1.54, 1.807) is 0 Å². The molecule has 8 aromatic carbocycles. The number of hydrogen-bond acceptors (Lipinski definition) is 0. The molecule has 0 bridgehead atoms. The molecule has 10 aromatic rings. The van der Waals surface area contributed by atoms with Gasteiger partial charge in [-0.25, -0.2) is 0 Å². The van der Waals surface area contributed by atoms with Gasteiger partial charge in [0.1, 0.15) is 0 Å². The molecule has 11 rings (SSSR count).